The lowest BCUT2D eigenvalue weighted by atomic mass is 10.9. The molecule has 0 unspecified atom stereocenters. The summed E-state index contributed by atoms with van der Waals surface area (Å²) >= 11 is 4.84. The Morgan fingerprint density at radius 2 is 1.78 bits per heavy atom. The second-order valence-corrected chi connectivity index (χ2v) is 10.4. The second-order valence-electron chi connectivity index (χ2n) is 2.15. The van der Waals surface area contributed by atoms with E-state index in [0.717, 1.165) is 6.61 Å². The van der Waals surface area contributed by atoms with Crippen LogP contribution in [0.25, 0.3) is 0 Å². The van der Waals surface area contributed by atoms with Crippen molar-refractivity contribution in [1.82, 2.24) is 0 Å². The number of hydrogen-bond acceptors (Lipinski definition) is 1. The van der Waals surface area contributed by atoms with Crippen molar-refractivity contribution in [2.45, 2.75) is 13.5 Å². The van der Waals surface area contributed by atoms with E-state index in [0.29, 0.717) is 0 Å². The van der Waals surface area contributed by atoms with Crippen molar-refractivity contribution >= 4 is 53.5 Å². The van der Waals surface area contributed by atoms with Crippen LogP contribution in [0.15, 0.2) is 0 Å². The topological polar surface area (TPSA) is 9.23 Å². The molecule has 0 aromatic carbocycles. The Labute approximate surface area is 85.3 Å². The van der Waals surface area contributed by atoms with Crippen LogP contribution in [0.3, 0.4) is 0 Å². The summed E-state index contributed by atoms with van der Waals surface area (Å²) in [6, 6.07) is 0. The molecule has 0 saturated carbocycles. The van der Waals surface area contributed by atoms with E-state index in [9.17, 15) is 0 Å². The molecule has 4 heteroatoms. The molecule has 0 radical (unpaired) electrons. The summed E-state index contributed by atoms with van der Waals surface area (Å²) in [5.41, 5.74) is 0. The highest BCUT2D eigenvalue weighted by atomic mass is 127. The molecule has 0 amide bonds. The van der Waals surface area contributed by atoms with Gasteiger partial charge in [-0.1, -0.05) is 45.2 Å². The van der Waals surface area contributed by atoms with E-state index in [4.69, 9.17) is 4.43 Å². The lowest BCUT2D eigenvalue weighted by Gasteiger charge is -2.21. The maximum Gasteiger partial charge on any atom is 0.208 e. The molecule has 0 aliphatic carbocycles. The second kappa shape index (κ2) is 5.31. The molecule has 0 heterocycles. The molecule has 9 heavy (non-hydrogen) atoms. The minimum Gasteiger partial charge on any atom is -0.416 e. The third-order valence-electron chi connectivity index (χ3n) is 1.06. The first-order valence-corrected chi connectivity index (χ1v) is 8.82. The molecule has 0 saturated heterocycles. The maximum absolute atomic E-state index is 5.65. The first-order valence-electron chi connectivity index (χ1n) is 2.94. The molecule has 56 valence electrons. The van der Waals surface area contributed by atoms with Crippen LogP contribution in [0.5, 0.6) is 0 Å². The average molecular weight is 370 g/mol. The highest BCUT2D eigenvalue weighted by Crippen LogP contribution is 2.11. The zero-order valence-electron chi connectivity index (χ0n) is 5.79. The van der Waals surface area contributed by atoms with Crippen molar-refractivity contribution < 1.29 is 4.43 Å². The summed E-state index contributed by atoms with van der Waals surface area (Å²) in [5, 5.41) is 0. The summed E-state index contributed by atoms with van der Waals surface area (Å²) in [7, 11) is -1.22. The van der Waals surface area contributed by atoms with Crippen LogP contribution in [0.2, 0.25) is 6.55 Å². The van der Waals surface area contributed by atoms with E-state index < -0.39 is 8.32 Å². The standard InChI is InChI=1S/C5H12I2OSi/c1-3-8-9(2,4-6)5-7/h3-5H2,1-2H3. The van der Waals surface area contributed by atoms with Gasteiger partial charge in [-0.05, 0) is 13.5 Å². The van der Waals surface area contributed by atoms with E-state index in [1.165, 1.54) is 8.10 Å². The molecule has 0 aromatic heterocycles. The molecule has 0 aliphatic heterocycles. The van der Waals surface area contributed by atoms with Gasteiger partial charge in [-0.2, -0.15) is 0 Å². The third kappa shape index (κ3) is 4.15. The Bertz CT molecular complexity index is 75.4. The lowest BCUT2D eigenvalue weighted by molar-refractivity contribution is 0.334. The largest absolute Gasteiger partial charge is 0.416 e. The van der Waals surface area contributed by atoms with Gasteiger partial charge in [0, 0.05) is 14.7 Å². The normalized spacial score (nSPS) is 12.0. The molecule has 0 aliphatic rings. The van der Waals surface area contributed by atoms with Crippen LogP contribution in [0.4, 0.5) is 0 Å². The predicted octanol–water partition coefficient (Wildman–Crippen LogP) is 2.55. The lowest BCUT2D eigenvalue weighted by Crippen LogP contribution is -2.39. The average Bonchev–Trinajstić information content (AvgIpc) is 1.89. The predicted molar refractivity (Wildman–Crippen MR) is 61.0 cm³/mol. The maximum atomic E-state index is 5.65. The Hall–Kier alpha value is 1.64. The first-order chi connectivity index (χ1) is 4.18. The van der Waals surface area contributed by atoms with Gasteiger partial charge in [0.15, 0.2) is 0 Å². The Morgan fingerprint density at radius 1 is 1.33 bits per heavy atom. The van der Waals surface area contributed by atoms with E-state index in [1.807, 2.05) is 0 Å². The van der Waals surface area contributed by atoms with Crippen LogP contribution in [-0.2, 0) is 4.43 Å². The minimum atomic E-state index is -1.22. The summed E-state index contributed by atoms with van der Waals surface area (Å²) in [5.74, 6) is 0. The van der Waals surface area contributed by atoms with Gasteiger partial charge in [0.2, 0.25) is 8.32 Å². The fourth-order valence-corrected chi connectivity index (χ4v) is 7.42. The van der Waals surface area contributed by atoms with E-state index in [2.05, 4.69) is 58.7 Å². The molecule has 0 rings (SSSR count). The Morgan fingerprint density at radius 3 is 1.89 bits per heavy atom. The van der Waals surface area contributed by atoms with Crippen molar-refractivity contribution in [3.05, 3.63) is 0 Å². The van der Waals surface area contributed by atoms with Crippen LogP contribution in [-0.4, -0.2) is 23.0 Å². The molecule has 1 nitrogen and oxygen atoms in total. The zero-order chi connectivity index (χ0) is 7.33. The van der Waals surface area contributed by atoms with Gasteiger partial charge < -0.3 is 4.43 Å². The van der Waals surface area contributed by atoms with Gasteiger partial charge in [-0.15, -0.1) is 0 Å². The summed E-state index contributed by atoms with van der Waals surface area (Å²) in [6.07, 6.45) is 0. The quantitative estimate of drug-likeness (QED) is 0.420. The van der Waals surface area contributed by atoms with Crippen LogP contribution >= 0.6 is 45.2 Å². The Balaban J connectivity index is 3.62. The van der Waals surface area contributed by atoms with Gasteiger partial charge in [0.05, 0.1) is 0 Å². The summed E-state index contributed by atoms with van der Waals surface area (Å²) in [4.78, 5) is 0. The number of halogens is 2. The monoisotopic (exact) mass is 370 g/mol. The van der Waals surface area contributed by atoms with Gasteiger partial charge in [0.25, 0.3) is 0 Å². The van der Waals surface area contributed by atoms with Gasteiger partial charge >= 0.3 is 0 Å². The summed E-state index contributed by atoms with van der Waals surface area (Å²) < 4.78 is 8.07. The number of alkyl halides is 2. The molecular weight excluding hydrogens is 358 g/mol. The van der Waals surface area contributed by atoms with Crippen molar-refractivity contribution in [2.24, 2.45) is 0 Å². The molecular formula is C5H12I2OSi. The van der Waals surface area contributed by atoms with Crippen molar-refractivity contribution in [3.8, 4) is 0 Å². The minimum absolute atomic E-state index is 0.884. The Kier molecular flexibility index (Phi) is 6.27. The molecule has 0 fully saturated rings. The highest BCUT2D eigenvalue weighted by molar-refractivity contribution is 14.1. The first kappa shape index (κ1) is 10.6. The van der Waals surface area contributed by atoms with Crippen LogP contribution in [0, 0.1) is 0 Å². The molecule has 0 atom stereocenters. The van der Waals surface area contributed by atoms with Crippen LogP contribution < -0.4 is 0 Å². The number of rotatable bonds is 4. The molecule has 0 aromatic rings. The highest BCUT2D eigenvalue weighted by Gasteiger charge is 2.24. The third-order valence-corrected chi connectivity index (χ3v) is 12.9. The molecule has 0 bridgehead atoms. The SMILES string of the molecule is CCO[Si](C)(CI)CI. The van der Waals surface area contributed by atoms with Crippen LogP contribution in [0.1, 0.15) is 6.92 Å². The smallest absolute Gasteiger partial charge is 0.208 e. The fourth-order valence-electron chi connectivity index (χ4n) is 0.461. The number of hydrogen-bond donors (Lipinski definition) is 0. The molecule has 0 N–H and O–H groups in total. The van der Waals surface area contributed by atoms with Crippen molar-refractivity contribution in [3.63, 3.8) is 0 Å². The van der Waals surface area contributed by atoms with E-state index >= 15 is 0 Å². The van der Waals surface area contributed by atoms with Gasteiger partial charge in [-0.3, -0.25) is 0 Å². The zero-order valence-corrected chi connectivity index (χ0v) is 11.1. The van der Waals surface area contributed by atoms with Gasteiger partial charge in [-0.25, -0.2) is 0 Å². The van der Waals surface area contributed by atoms with Crippen molar-refractivity contribution in [2.75, 3.05) is 14.7 Å². The molecule has 0 spiro atoms. The van der Waals surface area contributed by atoms with E-state index in [-0.39, 0.29) is 0 Å². The van der Waals surface area contributed by atoms with Crippen molar-refractivity contribution in [1.29, 1.82) is 0 Å². The van der Waals surface area contributed by atoms with Gasteiger partial charge in [0.1, 0.15) is 0 Å². The van der Waals surface area contributed by atoms with E-state index in [1.54, 1.807) is 0 Å². The fraction of sp³-hybridized carbons (Fsp3) is 1.00. The summed E-state index contributed by atoms with van der Waals surface area (Å²) in [6.45, 7) is 5.24.